The second-order valence-corrected chi connectivity index (χ2v) is 3.73. The quantitative estimate of drug-likeness (QED) is 0.580. The van der Waals surface area contributed by atoms with Crippen LogP contribution in [0.5, 0.6) is 0 Å². The van der Waals surface area contributed by atoms with Crippen molar-refractivity contribution >= 4 is 0 Å². The number of hydrogen-bond acceptors (Lipinski definition) is 1. The molecule has 0 saturated heterocycles. The molecule has 0 N–H and O–H groups in total. The van der Waals surface area contributed by atoms with Gasteiger partial charge in [-0.05, 0) is 12.0 Å². The van der Waals surface area contributed by atoms with Gasteiger partial charge in [0, 0.05) is 6.61 Å². The molecule has 0 aliphatic carbocycles. The molecule has 0 fully saturated rings. The second kappa shape index (κ2) is 8.49. The summed E-state index contributed by atoms with van der Waals surface area (Å²) >= 11 is 0. The zero-order valence-corrected chi connectivity index (χ0v) is 9.54. The summed E-state index contributed by atoms with van der Waals surface area (Å²) in [6.07, 6.45) is 6.37. The number of rotatable bonds is 8. The summed E-state index contributed by atoms with van der Waals surface area (Å²) in [7, 11) is 0. The van der Waals surface area contributed by atoms with Crippen LogP contribution in [0, 0.1) is 6.61 Å². The summed E-state index contributed by atoms with van der Waals surface area (Å²) in [5.74, 6) is 0. The normalized spacial score (nSPS) is 10.5. The lowest BCUT2D eigenvalue weighted by molar-refractivity contribution is 0.205. The number of ether oxygens (including phenoxy) is 1. The number of hydrogen-bond donors (Lipinski definition) is 0. The van der Waals surface area contributed by atoms with Gasteiger partial charge in [-0.25, -0.2) is 0 Å². The van der Waals surface area contributed by atoms with Crippen molar-refractivity contribution < 1.29 is 4.74 Å². The largest absolute Gasteiger partial charge is 0.363 e. The first-order valence-electron chi connectivity index (χ1n) is 5.86. The molecule has 0 heterocycles. The van der Waals surface area contributed by atoms with Crippen LogP contribution >= 0.6 is 0 Å². The smallest absolute Gasteiger partial charge is 0.166 e. The van der Waals surface area contributed by atoms with E-state index < -0.39 is 0 Å². The molecule has 1 aromatic rings. The Balaban J connectivity index is 1.93. The van der Waals surface area contributed by atoms with E-state index in [1.54, 1.807) is 0 Å². The second-order valence-electron chi connectivity index (χ2n) is 3.73. The molecule has 1 aromatic carbocycles. The Hall–Kier alpha value is -0.820. The first-order valence-corrected chi connectivity index (χ1v) is 5.86. The van der Waals surface area contributed by atoms with Gasteiger partial charge >= 0.3 is 0 Å². The van der Waals surface area contributed by atoms with Gasteiger partial charge in [-0.15, -0.1) is 0 Å². The molecule has 0 aromatic heterocycles. The molecule has 1 heteroatoms. The van der Waals surface area contributed by atoms with E-state index in [9.17, 15) is 0 Å². The molecule has 0 aliphatic rings. The minimum absolute atomic E-state index is 0.790. The topological polar surface area (TPSA) is 9.23 Å². The van der Waals surface area contributed by atoms with Crippen molar-refractivity contribution in [3.8, 4) is 0 Å². The van der Waals surface area contributed by atoms with Crippen LogP contribution in [0.25, 0.3) is 0 Å². The molecular weight excluding hydrogens is 184 g/mol. The molecular formula is C14H20O. The number of unbranched alkanes of at least 4 members (excludes halogenated alkanes) is 4. The van der Waals surface area contributed by atoms with Crippen molar-refractivity contribution in [2.45, 2.75) is 39.0 Å². The third-order valence-electron chi connectivity index (χ3n) is 2.31. The average molecular weight is 204 g/mol. The van der Waals surface area contributed by atoms with Crippen LogP contribution in [0.3, 0.4) is 0 Å². The number of benzene rings is 1. The van der Waals surface area contributed by atoms with E-state index in [1.807, 2.05) is 30.3 Å². The minimum atomic E-state index is 0.790. The van der Waals surface area contributed by atoms with Gasteiger partial charge in [-0.3, -0.25) is 0 Å². The zero-order valence-electron chi connectivity index (χ0n) is 9.54. The molecule has 0 spiro atoms. The average Bonchev–Trinajstić information content (AvgIpc) is 2.29. The first kappa shape index (κ1) is 12.3. The SMILES string of the molecule is CCCCCCCO[C]c1ccccc1. The summed E-state index contributed by atoms with van der Waals surface area (Å²) in [5, 5.41) is 0. The molecule has 2 radical (unpaired) electrons. The van der Waals surface area contributed by atoms with Crippen LogP contribution in [0.2, 0.25) is 0 Å². The standard InChI is InChI=1S/C14H20O/c1-2-3-4-5-9-12-15-13-14-10-7-6-8-11-14/h6-8,10-11H,2-5,9,12H2,1H3. The van der Waals surface area contributed by atoms with Crippen LogP contribution in [0.1, 0.15) is 44.6 Å². The Kier molecular flexibility index (Phi) is 6.93. The molecule has 1 nitrogen and oxygen atoms in total. The van der Waals surface area contributed by atoms with Crippen molar-refractivity contribution in [3.05, 3.63) is 42.5 Å². The van der Waals surface area contributed by atoms with Crippen molar-refractivity contribution in [3.63, 3.8) is 0 Å². The van der Waals surface area contributed by atoms with E-state index in [4.69, 9.17) is 4.74 Å². The van der Waals surface area contributed by atoms with Crippen LogP contribution in [-0.2, 0) is 4.74 Å². The van der Waals surface area contributed by atoms with Gasteiger partial charge in [0.2, 0.25) is 0 Å². The first-order chi connectivity index (χ1) is 7.43. The Bertz CT molecular complexity index is 230. The highest BCUT2D eigenvalue weighted by Crippen LogP contribution is 2.06. The van der Waals surface area contributed by atoms with Crippen molar-refractivity contribution in [2.75, 3.05) is 6.61 Å². The Morgan fingerprint density at radius 2 is 1.73 bits per heavy atom. The van der Waals surface area contributed by atoms with Crippen LogP contribution < -0.4 is 0 Å². The highest BCUT2D eigenvalue weighted by Gasteiger charge is 1.94. The van der Waals surface area contributed by atoms with E-state index in [0.29, 0.717) is 0 Å². The van der Waals surface area contributed by atoms with E-state index in [2.05, 4.69) is 13.5 Å². The van der Waals surface area contributed by atoms with Gasteiger partial charge in [0.1, 0.15) is 0 Å². The highest BCUT2D eigenvalue weighted by molar-refractivity contribution is 5.19. The maximum absolute atomic E-state index is 5.35. The summed E-state index contributed by atoms with van der Waals surface area (Å²) in [5.41, 5.74) is 1.02. The van der Waals surface area contributed by atoms with Gasteiger partial charge in [0.15, 0.2) is 6.61 Å². The molecule has 0 saturated carbocycles. The maximum Gasteiger partial charge on any atom is 0.166 e. The van der Waals surface area contributed by atoms with Crippen LogP contribution in [0.4, 0.5) is 0 Å². The molecule has 0 bridgehead atoms. The molecule has 0 atom stereocenters. The van der Waals surface area contributed by atoms with E-state index in [1.165, 1.54) is 25.7 Å². The molecule has 15 heavy (non-hydrogen) atoms. The fraction of sp³-hybridized carbons (Fsp3) is 0.500. The van der Waals surface area contributed by atoms with E-state index in [0.717, 1.165) is 18.6 Å². The maximum atomic E-state index is 5.35. The lowest BCUT2D eigenvalue weighted by atomic mass is 10.2. The summed E-state index contributed by atoms with van der Waals surface area (Å²) in [4.78, 5) is 0. The van der Waals surface area contributed by atoms with Crippen molar-refractivity contribution in [1.82, 2.24) is 0 Å². The lowest BCUT2D eigenvalue weighted by Gasteiger charge is -2.02. The predicted molar refractivity (Wildman–Crippen MR) is 63.5 cm³/mol. The van der Waals surface area contributed by atoms with Crippen LogP contribution in [-0.4, -0.2) is 6.61 Å². The monoisotopic (exact) mass is 204 g/mol. The van der Waals surface area contributed by atoms with Crippen molar-refractivity contribution in [1.29, 1.82) is 0 Å². The third kappa shape index (κ3) is 6.29. The predicted octanol–water partition coefficient (Wildman–Crippen LogP) is 4.06. The molecule has 0 aliphatic heterocycles. The molecule has 0 amide bonds. The van der Waals surface area contributed by atoms with E-state index in [-0.39, 0.29) is 0 Å². The molecule has 82 valence electrons. The van der Waals surface area contributed by atoms with Gasteiger partial charge in [0.05, 0.1) is 0 Å². The zero-order chi connectivity index (χ0) is 10.8. The Labute approximate surface area is 93.5 Å². The minimum Gasteiger partial charge on any atom is -0.363 e. The summed E-state index contributed by atoms with van der Waals surface area (Å²) < 4.78 is 5.35. The Morgan fingerprint density at radius 1 is 1.00 bits per heavy atom. The van der Waals surface area contributed by atoms with Gasteiger partial charge in [-0.2, -0.15) is 0 Å². The fourth-order valence-corrected chi connectivity index (χ4v) is 1.42. The lowest BCUT2D eigenvalue weighted by Crippen LogP contribution is -1.93. The highest BCUT2D eigenvalue weighted by atomic mass is 16.5. The molecule has 1 rings (SSSR count). The fourth-order valence-electron chi connectivity index (χ4n) is 1.42. The van der Waals surface area contributed by atoms with Gasteiger partial charge in [-0.1, -0.05) is 62.9 Å². The van der Waals surface area contributed by atoms with Crippen molar-refractivity contribution in [2.24, 2.45) is 0 Å². The van der Waals surface area contributed by atoms with E-state index >= 15 is 0 Å². The third-order valence-corrected chi connectivity index (χ3v) is 2.31. The molecule has 0 unspecified atom stereocenters. The summed E-state index contributed by atoms with van der Waals surface area (Å²) in [6.45, 7) is 5.96. The Morgan fingerprint density at radius 3 is 2.47 bits per heavy atom. The van der Waals surface area contributed by atoms with Gasteiger partial charge in [0.25, 0.3) is 0 Å². The summed E-state index contributed by atoms with van der Waals surface area (Å²) in [6, 6.07) is 9.98. The van der Waals surface area contributed by atoms with Crippen LogP contribution in [0.15, 0.2) is 30.3 Å². The van der Waals surface area contributed by atoms with Gasteiger partial charge < -0.3 is 4.74 Å².